The zero-order chi connectivity index (χ0) is 38.6. The van der Waals surface area contributed by atoms with E-state index in [1.165, 1.54) is 77.9 Å². The van der Waals surface area contributed by atoms with Gasteiger partial charge in [-0.25, -0.2) is 9.97 Å². The molecule has 2 aromatic heterocycles. The van der Waals surface area contributed by atoms with Crippen LogP contribution >= 0.6 is 0 Å². The molecular weight excluding hydrogens is 703 g/mol. The van der Waals surface area contributed by atoms with Crippen molar-refractivity contribution in [3.05, 3.63) is 222 Å². The summed E-state index contributed by atoms with van der Waals surface area (Å²) in [7, 11) is 0. The molecule has 9 aromatic rings. The summed E-state index contributed by atoms with van der Waals surface area (Å²) in [6.45, 7) is 4.76. The lowest BCUT2D eigenvalue weighted by Gasteiger charge is -2.36. The fourth-order valence-corrected chi connectivity index (χ4v) is 10.4. The van der Waals surface area contributed by atoms with Crippen LogP contribution in [0, 0.1) is 0 Å². The molecule has 1 spiro atoms. The Hall–Kier alpha value is -7.23. The first-order valence-electron chi connectivity index (χ1n) is 20.1. The van der Waals surface area contributed by atoms with Crippen LogP contribution in [-0.4, -0.2) is 15.0 Å². The Morgan fingerprint density at radius 2 is 0.845 bits per heavy atom. The SMILES string of the molecule is CC1(C)c2ccccc2-c2cc3c(cc21)-c1ccccc1C31c2ccccc2-c2ccccc2-c2ccc(-c3nc(-c4ccccc4)cc(-c4cccnc4)n3)cc21. The number of hydrogen-bond acceptors (Lipinski definition) is 3. The van der Waals surface area contributed by atoms with Gasteiger partial charge in [0.05, 0.1) is 16.8 Å². The van der Waals surface area contributed by atoms with Crippen LogP contribution in [0.2, 0.25) is 0 Å². The molecule has 0 saturated carbocycles. The molecule has 3 aliphatic rings. The fourth-order valence-electron chi connectivity index (χ4n) is 10.4. The Morgan fingerprint density at radius 1 is 0.345 bits per heavy atom. The van der Waals surface area contributed by atoms with Gasteiger partial charge in [-0.05, 0) is 114 Å². The molecule has 1 atom stereocenters. The molecule has 0 N–H and O–H groups in total. The molecular formula is C55H37N3. The van der Waals surface area contributed by atoms with Crippen molar-refractivity contribution in [2.24, 2.45) is 0 Å². The summed E-state index contributed by atoms with van der Waals surface area (Å²) < 4.78 is 0. The molecule has 3 heteroatoms. The van der Waals surface area contributed by atoms with E-state index in [2.05, 4.69) is 183 Å². The first-order valence-corrected chi connectivity index (χ1v) is 20.1. The van der Waals surface area contributed by atoms with Crippen LogP contribution in [0.1, 0.15) is 47.2 Å². The van der Waals surface area contributed by atoms with Gasteiger partial charge in [-0.15, -0.1) is 0 Å². The van der Waals surface area contributed by atoms with Gasteiger partial charge in [0, 0.05) is 34.5 Å². The van der Waals surface area contributed by atoms with Gasteiger partial charge in [0.25, 0.3) is 0 Å². The van der Waals surface area contributed by atoms with Crippen LogP contribution in [0.25, 0.3) is 78.4 Å². The first kappa shape index (κ1) is 33.0. The lowest BCUT2D eigenvalue weighted by atomic mass is 9.65. The third-order valence-electron chi connectivity index (χ3n) is 13.0. The van der Waals surface area contributed by atoms with E-state index in [0.717, 1.165) is 28.1 Å². The van der Waals surface area contributed by atoms with Crippen molar-refractivity contribution in [2.75, 3.05) is 0 Å². The van der Waals surface area contributed by atoms with Crippen LogP contribution in [0.3, 0.4) is 0 Å². The average molecular weight is 740 g/mol. The summed E-state index contributed by atoms with van der Waals surface area (Å²) in [5.41, 5.74) is 22.0. The van der Waals surface area contributed by atoms with Crippen molar-refractivity contribution in [1.82, 2.24) is 15.0 Å². The Kier molecular flexibility index (Phi) is 6.90. The zero-order valence-corrected chi connectivity index (χ0v) is 32.2. The number of fused-ring (bicyclic) bond motifs is 15. The van der Waals surface area contributed by atoms with E-state index in [9.17, 15) is 0 Å². The second kappa shape index (κ2) is 12.1. The number of aromatic nitrogens is 3. The summed E-state index contributed by atoms with van der Waals surface area (Å²) in [6, 6.07) is 64.7. The largest absolute Gasteiger partial charge is 0.264 e. The Balaban J connectivity index is 1.21. The first-order chi connectivity index (χ1) is 28.5. The van der Waals surface area contributed by atoms with E-state index in [0.29, 0.717) is 5.82 Å². The van der Waals surface area contributed by atoms with Crippen LogP contribution in [0.15, 0.2) is 188 Å². The minimum atomic E-state index is -0.646. The standard InChI is InChI=1S/C55H37N3/c1-54(2)45-23-11-8-21-40(45)43-31-50-44(30-48(43)54)41-22-10-13-25-47(41)55(50)46-24-12-9-20-39(46)37-18-6-7-19-38(37)42-27-26-35(29-49(42)55)53-57-51(34-15-4-3-5-16-34)32-52(58-53)36-17-14-28-56-33-36/h3-33H,1-2H3. The molecule has 0 bridgehead atoms. The smallest absolute Gasteiger partial charge is 0.160 e. The predicted octanol–water partition coefficient (Wildman–Crippen LogP) is 13.2. The summed E-state index contributed by atoms with van der Waals surface area (Å²) in [4.78, 5) is 15.1. The van der Waals surface area contributed by atoms with Crippen molar-refractivity contribution in [3.8, 4) is 78.4 Å². The number of pyridine rings is 1. The zero-order valence-electron chi connectivity index (χ0n) is 32.2. The van der Waals surface area contributed by atoms with Crippen molar-refractivity contribution < 1.29 is 0 Å². The molecule has 7 aromatic carbocycles. The Bertz CT molecular complexity index is 3090. The van der Waals surface area contributed by atoms with Gasteiger partial charge >= 0.3 is 0 Å². The maximum Gasteiger partial charge on any atom is 0.160 e. The van der Waals surface area contributed by atoms with Gasteiger partial charge in [-0.3, -0.25) is 4.98 Å². The molecule has 0 saturated heterocycles. The number of rotatable bonds is 3. The van der Waals surface area contributed by atoms with Gasteiger partial charge in [0.15, 0.2) is 5.82 Å². The second-order valence-corrected chi connectivity index (χ2v) is 16.3. The van der Waals surface area contributed by atoms with Gasteiger partial charge < -0.3 is 0 Å². The van der Waals surface area contributed by atoms with Gasteiger partial charge in [-0.1, -0.05) is 153 Å². The third-order valence-corrected chi connectivity index (χ3v) is 13.0. The van der Waals surface area contributed by atoms with Crippen LogP contribution in [-0.2, 0) is 10.8 Å². The molecule has 2 heterocycles. The Morgan fingerprint density at radius 3 is 1.52 bits per heavy atom. The van der Waals surface area contributed by atoms with Gasteiger partial charge in [0.1, 0.15) is 0 Å². The molecule has 272 valence electrons. The molecule has 3 nitrogen and oxygen atoms in total. The number of benzene rings is 7. The monoisotopic (exact) mass is 739 g/mol. The highest BCUT2D eigenvalue weighted by Crippen LogP contribution is 2.64. The molecule has 58 heavy (non-hydrogen) atoms. The van der Waals surface area contributed by atoms with Crippen molar-refractivity contribution in [3.63, 3.8) is 0 Å². The molecule has 12 rings (SSSR count). The summed E-state index contributed by atoms with van der Waals surface area (Å²) >= 11 is 0. The van der Waals surface area contributed by atoms with Crippen molar-refractivity contribution in [2.45, 2.75) is 24.7 Å². The van der Waals surface area contributed by atoms with E-state index in [-0.39, 0.29) is 5.41 Å². The van der Waals surface area contributed by atoms with Crippen molar-refractivity contribution in [1.29, 1.82) is 0 Å². The summed E-state index contributed by atoms with van der Waals surface area (Å²) in [5, 5.41) is 0. The highest BCUT2D eigenvalue weighted by molar-refractivity contribution is 5.99. The normalized spacial score (nSPS) is 16.0. The van der Waals surface area contributed by atoms with E-state index in [1.54, 1.807) is 6.20 Å². The average Bonchev–Trinajstić information content (AvgIpc) is 3.66. The minimum absolute atomic E-state index is 0.124. The molecule has 0 aliphatic heterocycles. The quantitative estimate of drug-likeness (QED) is 0.181. The summed E-state index contributed by atoms with van der Waals surface area (Å²) in [6.07, 6.45) is 3.68. The van der Waals surface area contributed by atoms with E-state index in [1.807, 2.05) is 18.3 Å². The number of hydrogen-bond donors (Lipinski definition) is 0. The third kappa shape index (κ3) is 4.47. The Labute approximate surface area is 338 Å². The molecule has 0 fully saturated rings. The lowest BCUT2D eigenvalue weighted by Crippen LogP contribution is -2.29. The molecule has 3 aliphatic carbocycles. The predicted molar refractivity (Wildman–Crippen MR) is 235 cm³/mol. The highest BCUT2D eigenvalue weighted by atomic mass is 14.9. The maximum absolute atomic E-state index is 5.32. The minimum Gasteiger partial charge on any atom is -0.264 e. The molecule has 0 amide bonds. The summed E-state index contributed by atoms with van der Waals surface area (Å²) in [5.74, 6) is 0.681. The highest BCUT2D eigenvalue weighted by Gasteiger charge is 2.51. The van der Waals surface area contributed by atoms with E-state index < -0.39 is 5.41 Å². The fraction of sp³-hybridized carbons (Fsp3) is 0.0727. The molecule has 0 radical (unpaired) electrons. The van der Waals surface area contributed by atoms with Gasteiger partial charge in [-0.2, -0.15) is 0 Å². The lowest BCUT2D eigenvalue weighted by molar-refractivity contribution is 0.660. The van der Waals surface area contributed by atoms with Gasteiger partial charge in [0.2, 0.25) is 0 Å². The number of nitrogens with zero attached hydrogens (tertiary/aromatic N) is 3. The van der Waals surface area contributed by atoms with Crippen LogP contribution < -0.4 is 0 Å². The maximum atomic E-state index is 5.32. The van der Waals surface area contributed by atoms with E-state index in [4.69, 9.17) is 9.97 Å². The van der Waals surface area contributed by atoms with Crippen molar-refractivity contribution >= 4 is 0 Å². The molecule has 1 unspecified atom stereocenters. The second-order valence-electron chi connectivity index (χ2n) is 16.3. The van der Waals surface area contributed by atoms with E-state index >= 15 is 0 Å². The van der Waals surface area contributed by atoms with Crippen LogP contribution in [0.4, 0.5) is 0 Å². The topological polar surface area (TPSA) is 38.7 Å². The van der Waals surface area contributed by atoms with Crippen LogP contribution in [0.5, 0.6) is 0 Å².